The topological polar surface area (TPSA) is 49.4 Å². The van der Waals surface area contributed by atoms with Crippen LogP contribution in [0.25, 0.3) is 0 Å². The minimum atomic E-state index is -0.617. The molecule has 2 unspecified atom stereocenters. The van der Waals surface area contributed by atoms with Crippen LogP contribution >= 0.6 is 0 Å². The molecule has 1 aliphatic heterocycles. The minimum absolute atomic E-state index is 0.0656. The highest BCUT2D eigenvalue weighted by molar-refractivity contribution is 5.97. The number of nitrogens with one attached hydrogen (secondary N) is 1. The van der Waals surface area contributed by atoms with Crippen LogP contribution in [0.4, 0.5) is 4.39 Å². The molecule has 2 atom stereocenters. The van der Waals surface area contributed by atoms with E-state index in [4.69, 9.17) is 0 Å². The number of likely N-dealkylation sites (tertiary alicyclic amines) is 1. The monoisotopic (exact) mass is 340 g/mol. The van der Waals surface area contributed by atoms with Gasteiger partial charge in [0.1, 0.15) is 11.9 Å². The molecule has 0 saturated carbocycles. The van der Waals surface area contributed by atoms with Crippen molar-refractivity contribution in [3.63, 3.8) is 0 Å². The number of halogens is 1. The largest absolute Gasteiger partial charge is 0.341 e. The Morgan fingerprint density at radius 3 is 2.48 bits per heavy atom. The van der Waals surface area contributed by atoms with E-state index in [-0.39, 0.29) is 23.7 Å². The first-order valence-electron chi connectivity index (χ1n) is 8.48. The van der Waals surface area contributed by atoms with Crippen LogP contribution in [-0.2, 0) is 4.79 Å². The van der Waals surface area contributed by atoms with Crippen molar-refractivity contribution in [1.29, 1.82) is 0 Å². The van der Waals surface area contributed by atoms with Crippen molar-refractivity contribution in [3.05, 3.63) is 71.5 Å². The molecule has 1 aliphatic rings. The summed E-state index contributed by atoms with van der Waals surface area (Å²) in [4.78, 5) is 26.8. The van der Waals surface area contributed by atoms with Crippen LogP contribution < -0.4 is 5.32 Å². The first-order chi connectivity index (χ1) is 12.1. The average Bonchev–Trinajstić information content (AvgIpc) is 3.12. The number of rotatable bonds is 4. The highest BCUT2D eigenvalue weighted by atomic mass is 19.1. The maximum Gasteiger partial charge on any atom is 0.251 e. The van der Waals surface area contributed by atoms with Crippen molar-refractivity contribution in [2.45, 2.75) is 31.8 Å². The number of carbonyl (C=O) groups is 2. The van der Waals surface area contributed by atoms with Crippen LogP contribution in [0.2, 0.25) is 0 Å². The molecule has 3 rings (SSSR count). The van der Waals surface area contributed by atoms with Crippen molar-refractivity contribution in [2.24, 2.45) is 0 Å². The van der Waals surface area contributed by atoms with Gasteiger partial charge in [0, 0.05) is 12.1 Å². The molecule has 2 aromatic rings. The molecule has 130 valence electrons. The molecule has 0 radical (unpaired) electrons. The van der Waals surface area contributed by atoms with Crippen LogP contribution in [-0.4, -0.2) is 29.3 Å². The van der Waals surface area contributed by atoms with Crippen molar-refractivity contribution in [3.8, 4) is 0 Å². The molecule has 1 heterocycles. The zero-order chi connectivity index (χ0) is 17.8. The number of hydrogen-bond donors (Lipinski definition) is 1. The van der Waals surface area contributed by atoms with Gasteiger partial charge >= 0.3 is 0 Å². The summed E-state index contributed by atoms with van der Waals surface area (Å²) >= 11 is 0. The Bertz CT molecular complexity index is 746. The van der Waals surface area contributed by atoms with E-state index in [1.54, 1.807) is 48.2 Å². The summed E-state index contributed by atoms with van der Waals surface area (Å²) in [6.07, 6.45) is 1.74. The summed E-state index contributed by atoms with van der Waals surface area (Å²) in [6, 6.07) is 14.4. The predicted molar refractivity (Wildman–Crippen MR) is 93.5 cm³/mol. The molecular formula is C20H21FN2O2. The third-order valence-electron chi connectivity index (χ3n) is 4.54. The van der Waals surface area contributed by atoms with Gasteiger partial charge in [-0.15, -0.1) is 0 Å². The molecule has 0 aromatic heterocycles. The van der Waals surface area contributed by atoms with Crippen molar-refractivity contribution in [2.75, 3.05) is 6.54 Å². The number of nitrogens with zero attached hydrogens (tertiary/aromatic N) is 1. The summed E-state index contributed by atoms with van der Waals surface area (Å²) in [5.74, 6) is -0.668. The summed E-state index contributed by atoms with van der Waals surface area (Å²) in [5.41, 5.74) is 1.45. The number of hydrogen-bond acceptors (Lipinski definition) is 2. The lowest BCUT2D eigenvalue weighted by molar-refractivity contribution is -0.133. The van der Waals surface area contributed by atoms with E-state index in [0.717, 1.165) is 18.4 Å². The van der Waals surface area contributed by atoms with Crippen LogP contribution in [0, 0.1) is 5.82 Å². The Balaban J connectivity index is 1.68. The molecule has 0 bridgehead atoms. The van der Waals surface area contributed by atoms with E-state index in [1.165, 1.54) is 12.1 Å². The lowest BCUT2D eigenvalue weighted by Crippen LogP contribution is -2.46. The highest BCUT2D eigenvalue weighted by Gasteiger charge is 2.32. The molecule has 2 aromatic carbocycles. The van der Waals surface area contributed by atoms with Gasteiger partial charge in [0.05, 0.1) is 6.04 Å². The standard InChI is InChI=1S/C20H21FN2O2/c1-14(22-19(24)16-6-3-2-4-7-16)20(25)23-13-5-8-18(23)15-9-11-17(21)12-10-15/h2-4,6-7,9-12,14,18H,5,8,13H2,1H3,(H,22,24). The lowest BCUT2D eigenvalue weighted by Gasteiger charge is -2.28. The van der Waals surface area contributed by atoms with Gasteiger partial charge in [-0.1, -0.05) is 30.3 Å². The van der Waals surface area contributed by atoms with E-state index in [2.05, 4.69) is 5.32 Å². The molecule has 4 nitrogen and oxygen atoms in total. The molecular weight excluding hydrogens is 319 g/mol. The van der Waals surface area contributed by atoms with Crippen molar-refractivity contribution < 1.29 is 14.0 Å². The fraction of sp³-hybridized carbons (Fsp3) is 0.300. The fourth-order valence-electron chi connectivity index (χ4n) is 3.24. The molecule has 5 heteroatoms. The second-order valence-electron chi connectivity index (χ2n) is 6.30. The quantitative estimate of drug-likeness (QED) is 0.928. The van der Waals surface area contributed by atoms with Crippen molar-refractivity contribution in [1.82, 2.24) is 10.2 Å². The molecule has 2 amide bonds. The average molecular weight is 340 g/mol. The van der Waals surface area contributed by atoms with Crippen molar-refractivity contribution >= 4 is 11.8 Å². The van der Waals surface area contributed by atoms with Crippen LogP contribution in [0.1, 0.15) is 41.7 Å². The second-order valence-corrected chi connectivity index (χ2v) is 6.30. The Kier molecular flexibility index (Phi) is 5.12. The first kappa shape index (κ1) is 17.1. The van der Waals surface area contributed by atoms with Crippen LogP contribution in [0.15, 0.2) is 54.6 Å². The van der Waals surface area contributed by atoms with Gasteiger partial charge in [-0.05, 0) is 49.6 Å². The van der Waals surface area contributed by atoms with Crippen LogP contribution in [0.3, 0.4) is 0 Å². The van der Waals surface area contributed by atoms with Gasteiger partial charge in [0.2, 0.25) is 5.91 Å². The molecule has 0 aliphatic carbocycles. The molecule has 0 spiro atoms. The van der Waals surface area contributed by atoms with E-state index >= 15 is 0 Å². The second kappa shape index (κ2) is 7.47. The molecule has 1 fully saturated rings. The van der Waals surface area contributed by atoms with Gasteiger partial charge in [-0.3, -0.25) is 9.59 Å². The first-order valence-corrected chi connectivity index (χ1v) is 8.48. The lowest BCUT2D eigenvalue weighted by atomic mass is 10.0. The normalized spacial score (nSPS) is 18.0. The van der Waals surface area contributed by atoms with Gasteiger partial charge in [0.15, 0.2) is 0 Å². The Hall–Kier alpha value is -2.69. The summed E-state index contributed by atoms with van der Waals surface area (Å²) in [5, 5.41) is 2.76. The SMILES string of the molecule is CC(NC(=O)c1ccccc1)C(=O)N1CCCC1c1ccc(F)cc1. The number of amides is 2. The predicted octanol–water partition coefficient (Wildman–Crippen LogP) is 3.31. The minimum Gasteiger partial charge on any atom is -0.341 e. The zero-order valence-electron chi connectivity index (χ0n) is 14.1. The van der Waals surface area contributed by atoms with Crippen LogP contribution in [0.5, 0.6) is 0 Å². The van der Waals surface area contributed by atoms with Gasteiger partial charge in [0.25, 0.3) is 5.91 Å². The Labute approximate surface area is 146 Å². The van der Waals surface area contributed by atoms with Gasteiger partial charge in [-0.25, -0.2) is 4.39 Å². The van der Waals surface area contributed by atoms with E-state index < -0.39 is 6.04 Å². The summed E-state index contributed by atoms with van der Waals surface area (Å²) < 4.78 is 13.1. The van der Waals surface area contributed by atoms with E-state index in [0.29, 0.717) is 12.1 Å². The summed E-state index contributed by atoms with van der Waals surface area (Å²) in [7, 11) is 0. The highest BCUT2D eigenvalue weighted by Crippen LogP contribution is 2.32. The molecule has 1 N–H and O–H groups in total. The van der Waals surface area contributed by atoms with E-state index in [1.807, 2.05) is 6.07 Å². The third-order valence-corrected chi connectivity index (χ3v) is 4.54. The smallest absolute Gasteiger partial charge is 0.251 e. The third kappa shape index (κ3) is 3.87. The van der Waals surface area contributed by atoms with Gasteiger partial charge < -0.3 is 10.2 Å². The molecule has 25 heavy (non-hydrogen) atoms. The Morgan fingerprint density at radius 1 is 1.12 bits per heavy atom. The molecule has 1 saturated heterocycles. The Morgan fingerprint density at radius 2 is 1.80 bits per heavy atom. The summed E-state index contributed by atoms with van der Waals surface area (Å²) in [6.45, 7) is 2.34. The van der Waals surface area contributed by atoms with Gasteiger partial charge in [-0.2, -0.15) is 0 Å². The maximum absolute atomic E-state index is 13.1. The number of carbonyl (C=O) groups excluding carboxylic acids is 2. The fourth-order valence-corrected chi connectivity index (χ4v) is 3.24. The zero-order valence-corrected chi connectivity index (χ0v) is 14.1. The number of benzene rings is 2. The van der Waals surface area contributed by atoms with E-state index in [9.17, 15) is 14.0 Å². The maximum atomic E-state index is 13.1.